The summed E-state index contributed by atoms with van der Waals surface area (Å²) in [5.74, 6) is 0.126. The van der Waals surface area contributed by atoms with Gasteiger partial charge in [0, 0.05) is 5.92 Å². The number of cyclic esters (lactones) is 1. The maximum absolute atomic E-state index is 11.9. The van der Waals surface area contributed by atoms with Crippen molar-refractivity contribution in [2.24, 2.45) is 11.8 Å². The first-order chi connectivity index (χ1) is 11.5. The first-order valence-corrected chi connectivity index (χ1v) is 8.87. The summed E-state index contributed by atoms with van der Waals surface area (Å²) in [5, 5.41) is 0. The van der Waals surface area contributed by atoms with Gasteiger partial charge in [-0.15, -0.1) is 0 Å². The van der Waals surface area contributed by atoms with Crippen LogP contribution in [-0.2, 0) is 9.53 Å². The standard InChI is InChI=1S/C22H28O2/c1-5-18(15-21-17(4)24-22(23)20(21)6-2)14-16(3)12-13-19-10-8-7-9-11-19/h7-15,17,20-21H,5-6H2,1-4H3/b13-12+,16-14+,18-15+/t17-,20+,21-/m0/s1. The van der Waals surface area contributed by atoms with Gasteiger partial charge >= 0.3 is 5.97 Å². The van der Waals surface area contributed by atoms with Gasteiger partial charge in [0.1, 0.15) is 6.10 Å². The van der Waals surface area contributed by atoms with Crippen LogP contribution in [0.5, 0.6) is 0 Å². The Hall–Kier alpha value is -2.09. The van der Waals surface area contributed by atoms with Crippen molar-refractivity contribution >= 4 is 12.0 Å². The van der Waals surface area contributed by atoms with Crippen LogP contribution < -0.4 is 0 Å². The molecule has 0 unspecified atom stereocenters. The van der Waals surface area contributed by atoms with Crippen LogP contribution in [0.25, 0.3) is 6.08 Å². The molecule has 0 aromatic heterocycles. The summed E-state index contributed by atoms with van der Waals surface area (Å²) in [4.78, 5) is 11.9. The summed E-state index contributed by atoms with van der Waals surface area (Å²) in [7, 11) is 0. The third-order valence-corrected chi connectivity index (χ3v) is 4.62. The Balaban J connectivity index is 2.15. The van der Waals surface area contributed by atoms with Gasteiger partial charge in [0.2, 0.25) is 0 Å². The maximum atomic E-state index is 11.9. The lowest BCUT2D eigenvalue weighted by atomic mass is 9.86. The predicted molar refractivity (Wildman–Crippen MR) is 100 cm³/mol. The number of esters is 1. The number of ether oxygens (including phenoxy) is 1. The Labute approximate surface area is 145 Å². The van der Waals surface area contributed by atoms with E-state index in [9.17, 15) is 4.79 Å². The van der Waals surface area contributed by atoms with Crippen molar-refractivity contribution in [2.45, 2.75) is 46.6 Å². The molecule has 1 heterocycles. The molecule has 1 aliphatic heterocycles. The second-order valence-corrected chi connectivity index (χ2v) is 6.46. The zero-order valence-electron chi connectivity index (χ0n) is 15.2. The normalized spacial score (nSPS) is 25.3. The molecule has 2 nitrogen and oxygen atoms in total. The van der Waals surface area contributed by atoms with Crippen molar-refractivity contribution in [2.75, 3.05) is 0 Å². The summed E-state index contributed by atoms with van der Waals surface area (Å²) in [6.45, 7) is 8.31. The molecule has 24 heavy (non-hydrogen) atoms. The molecule has 1 aromatic carbocycles. The minimum absolute atomic E-state index is 0.00452. The SMILES string of the molecule is CCC(/C=C(C)/C=C/c1ccccc1)=C\[C@H]1[C@H](C)OC(=O)[C@@H]1CC. The fraction of sp³-hybridized carbons (Fsp3) is 0.409. The number of allylic oxidation sites excluding steroid dienone is 4. The van der Waals surface area contributed by atoms with Crippen molar-refractivity contribution < 1.29 is 9.53 Å². The van der Waals surface area contributed by atoms with Crippen LogP contribution in [-0.4, -0.2) is 12.1 Å². The van der Waals surface area contributed by atoms with Crippen LogP contribution in [0.15, 0.2) is 59.7 Å². The van der Waals surface area contributed by atoms with Crippen LogP contribution in [0, 0.1) is 11.8 Å². The van der Waals surface area contributed by atoms with E-state index in [4.69, 9.17) is 4.74 Å². The molecule has 3 atom stereocenters. The number of benzene rings is 1. The van der Waals surface area contributed by atoms with E-state index >= 15 is 0 Å². The van der Waals surface area contributed by atoms with E-state index in [2.05, 4.69) is 57.2 Å². The van der Waals surface area contributed by atoms with Crippen LogP contribution in [0.3, 0.4) is 0 Å². The molecule has 2 heteroatoms. The first-order valence-electron chi connectivity index (χ1n) is 8.87. The fourth-order valence-corrected chi connectivity index (χ4v) is 3.17. The molecule has 1 fully saturated rings. The van der Waals surface area contributed by atoms with E-state index in [1.165, 1.54) is 16.7 Å². The second kappa shape index (κ2) is 8.68. The molecule has 0 aliphatic carbocycles. The lowest BCUT2D eigenvalue weighted by Crippen LogP contribution is -2.16. The molecule has 0 spiro atoms. The molecule has 1 saturated heterocycles. The quantitative estimate of drug-likeness (QED) is 0.505. The number of rotatable bonds is 6. The Morgan fingerprint density at radius 2 is 1.92 bits per heavy atom. The first kappa shape index (κ1) is 18.3. The van der Waals surface area contributed by atoms with Gasteiger partial charge in [-0.2, -0.15) is 0 Å². The van der Waals surface area contributed by atoms with E-state index < -0.39 is 0 Å². The highest BCUT2D eigenvalue weighted by molar-refractivity contribution is 5.75. The minimum Gasteiger partial charge on any atom is -0.462 e. The smallest absolute Gasteiger partial charge is 0.309 e. The zero-order chi connectivity index (χ0) is 17.5. The van der Waals surface area contributed by atoms with Gasteiger partial charge in [0.25, 0.3) is 0 Å². The topological polar surface area (TPSA) is 26.3 Å². The molecule has 0 N–H and O–H groups in total. The Morgan fingerprint density at radius 3 is 2.54 bits per heavy atom. The minimum atomic E-state index is -0.0496. The van der Waals surface area contributed by atoms with Gasteiger partial charge in [-0.3, -0.25) is 4.79 Å². The van der Waals surface area contributed by atoms with Crippen LogP contribution in [0.1, 0.15) is 46.1 Å². The van der Waals surface area contributed by atoms with Gasteiger partial charge in [-0.25, -0.2) is 0 Å². The average Bonchev–Trinajstić information content (AvgIpc) is 2.86. The Morgan fingerprint density at radius 1 is 1.21 bits per heavy atom. The summed E-state index contributed by atoms with van der Waals surface area (Å²) in [5.41, 5.74) is 3.67. The van der Waals surface area contributed by atoms with Crippen LogP contribution >= 0.6 is 0 Å². The predicted octanol–water partition coefficient (Wildman–Crippen LogP) is 5.57. The number of hydrogen-bond donors (Lipinski definition) is 0. The lowest BCUT2D eigenvalue weighted by Gasteiger charge is -2.14. The zero-order valence-corrected chi connectivity index (χ0v) is 15.2. The highest BCUT2D eigenvalue weighted by Crippen LogP contribution is 2.33. The number of carbonyl (C=O) groups is 1. The lowest BCUT2D eigenvalue weighted by molar-refractivity contribution is -0.143. The van der Waals surface area contributed by atoms with E-state index in [1.807, 2.05) is 25.1 Å². The number of hydrogen-bond acceptors (Lipinski definition) is 2. The third kappa shape index (κ3) is 4.70. The van der Waals surface area contributed by atoms with Crippen molar-refractivity contribution in [1.82, 2.24) is 0 Å². The molecule has 0 radical (unpaired) electrons. The Bertz CT molecular complexity index is 637. The van der Waals surface area contributed by atoms with Gasteiger partial charge < -0.3 is 4.74 Å². The van der Waals surface area contributed by atoms with Crippen molar-refractivity contribution in [3.05, 3.63) is 65.3 Å². The summed E-state index contributed by atoms with van der Waals surface area (Å²) >= 11 is 0. The van der Waals surface area contributed by atoms with Crippen molar-refractivity contribution in [3.63, 3.8) is 0 Å². The maximum Gasteiger partial charge on any atom is 0.309 e. The highest BCUT2D eigenvalue weighted by Gasteiger charge is 2.39. The van der Waals surface area contributed by atoms with Crippen molar-refractivity contribution in [1.29, 1.82) is 0 Å². The highest BCUT2D eigenvalue weighted by atomic mass is 16.6. The molecule has 0 amide bonds. The molecular weight excluding hydrogens is 296 g/mol. The Kier molecular flexibility index (Phi) is 6.60. The molecule has 1 aromatic rings. The number of carbonyl (C=O) groups excluding carboxylic acids is 1. The average molecular weight is 324 g/mol. The van der Waals surface area contributed by atoms with E-state index in [0.717, 1.165) is 12.8 Å². The summed E-state index contributed by atoms with van der Waals surface area (Å²) < 4.78 is 5.41. The van der Waals surface area contributed by atoms with E-state index in [0.29, 0.717) is 0 Å². The van der Waals surface area contributed by atoms with Crippen molar-refractivity contribution in [3.8, 4) is 0 Å². The largest absolute Gasteiger partial charge is 0.462 e. The molecule has 1 aliphatic rings. The molecular formula is C22H28O2. The van der Waals surface area contributed by atoms with Crippen LogP contribution in [0.4, 0.5) is 0 Å². The van der Waals surface area contributed by atoms with E-state index in [-0.39, 0.29) is 23.9 Å². The fourth-order valence-electron chi connectivity index (χ4n) is 3.17. The van der Waals surface area contributed by atoms with Gasteiger partial charge in [0.15, 0.2) is 0 Å². The van der Waals surface area contributed by atoms with Gasteiger partial charge in [0.05, 0.1) is 5.92 Å². The van der Waals surface area contributed by atoms with Gasteiger partial charge in [-0.05, 0) is 32.3 Å². The monoisotopic (exact) mass is 324 g/mol. The molecule has 0 bridgehead atoms. The van der Waals surface area contributed by atoms with Gasteiger partial charge in [-0.1, -0.05) is 79.6 Å². The molecule has 128 valence electrons. The second-order valence-electron chi connectivity index (χ2n) is 6.46. The van der Waals surface area contributed by atoms with E-state index in [1.54, 1.807) is 0 Å². The molecule has 2 rings (SSSR count). The third-order valence-electron chi connectivity index (χ3n) is 4.62. The summed E-state index contributed by atoms with van der Waals surface area (Å²) in [6.07, 6.45) is 10.5. The van der Waals surface area contributed by atoms with Crippen LogP contribution in [0.2, 0.25) is 0 Å². The summed E-state index contributed by atoms with van der Waals surface area (Å²) in [6, 6.07) is 10.3. The molecule has 0 saturated carbocycles.